The molecule has 2 rings (SSSR count). The zero-order valence-corrected chi connectivity index (χ0v) is 11.6. The summed E-state index contributed by atoms with van der Waals surface area (Å²) in [5.74, 6) is 0. The summed E-state index contributed by atoms with van der Waals surface area (Å²) in [6, 6.07) is 6.42. The van der Waals surface area contributed by atoms with Crippen molar-refractivity contribution in [2.45, 2.75) is 32.7 Å². The predicted molar refractivity (Wildman–Crippen MR) is 78.0 cm³/mol. The zero-order valence-electron chi connectivity index (χ0n) is 11.6. The molecule has 1 atom stereocenters. The van der Waals surface area contributed by atoms with Gasteiger partial charge in [0.05, 0.1) is 6.04 Å². The van der Waals surface area contributed by atoms with Crippen LogP contribution in [0.25, 0.3) is 0 Å². The fraction of sp³-hybridized carbons (Fsp3) is 0.375. The normalized spacial score (nSPS) is 12.3. The van der Waals surface area contributed by atoms with Crippen LogP contribution in [0, 0.1) is 0 Å². The van der Waals surface area contributed by atoms with Crippen LogP contribution in [0.5, 0.6) is 0 Å². The van der Waals surface area contributed by atoms with Crippen LogP contribution in [-0.2, 0) is 6.42 Å². The second-order valence-corrected chi connectivity index (χ2v) is 4.60. The van der Waals surface area contributed by atoms with Crippen molar-refractivity contribution < 1.29 is 0 Å². The molecule has 0 aliphatic carbocycles. The van der Waals surface area contributed by atoms with Crippen LogP contribution in [0.2, 0.25) is 0 Å². The largest absolute Gasteiger partial charge is 0.306 e. The van der Waals surface area contributed by atoms with Crippen molar-refractivity contribution in [3.05, 3.63) is 59.7 Å². The van der Waals surface area contributed by atoms with Crippen LogP contribution in [0.4, 0.5) is 0 Å². The van der Waals surface area contributed by atoms with Gasteiger partial charge in [-0.05, 0) is 48.2 Å². The number of aromatic nitrogens is 2. The van der Waals surface area contributed by atoms with E-state index in [0.717, 1.165) is 19.4 Å². The molecule has 0 amide bonds. The maximum absolute atomic E-state index is 4.24. The summed E-state index contributed by atoms with van der Waals surface area (Å²) in [4.78, 5) is 8.47. The monoisotopic (exact) mass is 255 g/mol. The van der Waals surface area contributed by atoms with Crippen LogP contribution in [0.3, 0.4) is 0 Å². The lowest BCUT2D eigenvalue weighted by molar-refractivity contribution is 0.592. The minimum atomic E-state index is 0.201. The molecule has 0 spiro atoms. The Hall–Kier alpha value is -1.74. The van der Waals surface area contributed by atoms with Crippen molar-refractivity contribution >= 4 is 0 Å². The SMILES string of the molecule is CCCNC(c1cccnc1)c1ccncc1CC. The molecule has 0 bridgehead atoms. The van der Waals surface area contributed by atoms with E-state index < -0.39 is 0 Å². The van der Waals surface area contributed by atoms with Gasteiger partial charge in [0, 0.05) is 24.8 Å². The molecular formula is C16H21N3. The highest BCUT2D eigenvalue weighted by Crippen LogP contribution is 2.24. The van der Waals surface area contributed by atoms with Crippen molar-refractivity contribution in [2.75, 3.05) is 6.54 Å². The van der Waals surface area contributed by atoms with Gasteiger partial charge in [0.25, 0.3) is 0 Å². The van der Waals surface area contributed by atoms with E-state index in [-0.39, 0.29) is 6.04 Å². The molecule has 0 radical (unpaired) electrons. The summed E-state index contributed by atoms with van der Waals surface area (Å²) in [5.41, 5.74) is 3.80. The molecule has 0 fully saturated rings. The first-order valence-corrected chi connectivity index (χ1v) is 6.92. The van der Waals surface area contributed by atoms with Crippen LogP contribution in [-0.4, -0.2) is 16.5 Å². The Morgan fingerprint density at radius 3 is 2.63 bits per heavy atom. The average Bonchev–Trinajstić information content (AvgIpc) is 2.49. The Morgan fingerprint density at radius 2 is 1.95 bits per heavy atom. The van der Waals surface area contributed by atoms with Crippen molar-refractivity contribution in [1.82, 2.24) is 15.3 Å². The minimum absolute atomic E-state index is 0.201. The molecule has 1 N–H and O–H groups in total. The van der Waals surface area contributed by atoms with Crippen molar-refractivity contribution in [2.24, 2.45) is 0 Å². The van der Waals surface area contributed by atoms with E-state index in [0.29, 0.717) is 0 Å². The van der Waals surface area contributed by atoms with E-state index in [1.807, 2.05) is 30.9 Å². The molecule has 19 heavy (non-hydrogen) atoms. The molecule has 2 heterocycles. The summed E-state index contributed by atoms with van der Waals surface area (Å²) in [6.45, 7) is 5.34. The van der Waals surface area contributed by atoms with E-state index in [1.54, 1.807) is 0 Å². The van der Waals surface area contributed by atoms with Gasteiger partial charge in [0.1, 0.15) is 0 Å². The fourth-order valence-electron chi connectivity index (χ4n) is 2.26. The topological polar surface area (TPSA) is 37.8 Å². The third kappa shape index (κ3) is 3.38. The Labute approximate surface area is 115 Å². The summed E-state index contributed by atoms with van der Waals surface area (Å²) in [6.07, 6.45) is 9.69. The lowest BCUT2D eigenvalue weighted by Gasteiger charge is -2.21. The van der Waals surface area contributed by atoms with Crippen LogP contribution in [0.1, 0.15) is 43.0 Å². The third-order valence-electron chi connectivity index (χ3n) is 3.25. The average molecular weight is 255 g/mol. The molecule has 0 saturated heterocycles. The highest BCUT2D eigenvalue weighted by atomic mass is 14.9. The molecule has 0 aliphatic heterocycles. The number of aryl methyl sites for hydroxylation is 1. The van der Waals surface area contributed by atoms with Gasteiger partial charge < -0.3 is 5.32 Å². The molecule has 3 nitrogen and oxygen atoms in total. The predicted octanol–water partition coefficient (Wildman–Crippen LogP) is 3.13. The lowest BCUT2D eigenvalue weighted by Crippen LogP contribution is -2.24. The second kappa shape index (κ2) is 7.00. The molecule has 1 unspecified atom stereocenters. The lowest BCUT2D eigenvalue weighted by atomic mass is 9.95. The maximum atomic E-state index is 4.24. The fourth-order valence-corrected chi connectivity index (χ4v) is 2.26. The molecule has 0 aliphatic rings. The van der Waals surface area contributed by atoms with Crippen LogP contribution >= 0.6 is 0 Å². The minimum Gasteiger partial charge on any atom is -0.306 e. The van der Waals surface area contributed by atoms with Gasteiger partial charge in [-0.25, -0.2) is 0 Å². The number of nitrogens with zero attached hydrogens (tertiary/aromatic N) is 2. The summed E-state index contributed by atoms with van der Waals surface area (Å²) < 4.78 is 0. The standard InChI is InChI=1S/C16H21N3/c1-3-8-19-16(14-6-5-9-17-12-14)15-7-10-18-11-13(15)4-2/h5-7,9-12,16,19H,3-4,8H2,1-2H3. The summed E-state index contributed by atoms with van der Waals surface area (Å²) in [7, 11) is 0. The Kier molecular flexibility index (Phi) is 5.04. The molecule has 2 aromatic heterocycles. The molecule has 0 aromatic carbocycles. The maximum Gasteiger partial charge on any atom is 0.0595 e. The zero-order chi connectivity index (χ0) is 13.5. The molecule has 0 saturated carbocycles. The van der Waals surface area contributed by atoms with Gasteiger partial charge in [-0.1, -0.05) is 19.9 Å². The highest BCUT2D eigenvalue weighted by Gasteiger charge is 2.16. The van der Waals surface area contributed by atoms with Gasteiger partial charge in [0.2, 0.25) is 0 Å². The number of hydrogen-bond donors (Lipinski definition) is 1. The Morgan fingerprint density at radius 1 is 1.11 bits per heavy atom. The van der Waals surface area contributed by atoms with Crippen molar-refractivity contribution in [1.29, 1.82) is 0 Å². The van der Waals surface area contributed by atoms with Gasteiger partial charge in [-0.15, -0.1) is 0 Å². The van der Waals surface area contributed by atoms with Gasteiger partial charge in [-0.2, -0.15) is 0 Å². The Bertz CT molecular complexity index is 496. The number of nitrogens with one attached hydrogen (secondary N) is 1. The molecule has 2 aromatic rings. The summed E-state index contributed by atoms with van der Waals surface area (Å²) >= 11 is 0. The summed E-state index contributed by atoms with van der Waals surface area (Å²) in [5, 5.41) is 3.61. The first-order chi connectivity index (χ1) is 9.36. The second-order valence-electron chi connectivity index (χ2n) is 4.60. The van der Waals surface area contributed by atoms with Gasteiger partial charge in [-0.3, -0.25) is 9.97 Å². The van der Waals surface area contributed by atoms with E-state index >= 15 is 0 Å². The van der Waals surface area contributed by atoms with Gasteiger partial charge in [0.15, 0.2) is 0 Å². The first kappa shape index (κ1) is 13.7. The molecular weight excluding hydrogens is 234 g/mol. The molecule has 100 valence electrons. The highest BCUT2D eigenvalue weighted by molar-refractivity contribution is 5.34. The van der Waals surface area contributed by atoms with Crippen molar-refractivity contribution in [3.63, 3.8) is 0 Å². The van der Waals surface area contributed by atoms with E-state index in [2.05, 4.69) is 41.3 Å². The van der Waals surface area contributed by atoms with E-state index in [9.17, 15) is 0 Å². The number of rotatable bonds is 6. The van der Waals surface area contributed by atoms with Crippen molar-refractivity contribution in [3.8, 4) is 0 Å². The smallest absolute Gasteiger partial charge is 0.0595 e. The quantitative estimate of drug-likeness (QED) is 0.861. The third-order valence-corrected chi connectivity index (χ3v) is 3.25. The van der Waals surface area contributed by atoms with Crippen LogP contribution < -0.4 is 5.32 Å². The van der Waals surface area contributed by atoms with Crippen LogP contribution in [0.15, 0.2) is 43.0 Å². The number of hydrogen-bond acceptors (Lipinski definition) is 3. The Balaban J connectivity index is 2.37. The van der Waals surface area contributed by atoms with E-state index in [4.69, 9.17) is 0 Å². The van der Waals surface area contributed by atoms with E-state index in [1.165, 1.54) is 16.7 Å². The number of pyridine rings is 2. The molecule has 3 heteroatoms. The first-order valence-electron chi connectivity index (χ1n) is 6.92. The van der Waals surface area contributed by atoms with Gasteiger partial charge >= 0.3 is 0 Å².